The highest BCUT2D eigenvalue weighted by Gasteiger charge is 2.13. The van der Waals surface area contributed by atoms with Crippen LogP contribution < -0.4 is 5.73 Å². The van der Waals surface area contributed by atoms with Crippen LogP contribution in [0.4, 0.5) is 6.01 Å². The lowest BCUT2D eigenvalue weighted by molar-refractivity contribution is 0.626. The topological polar surface area (TPSA) is 52.0 Å². The molecule has 0 bridgehead atoms. The summed E-state index contributed by atoms with van der Waals surface area (Å²) in [5, 5.41) is 0.709. The third-order valence-corrected chi connectivity index (χ3v) is 3.24. The van der Waals surface area contributed by atoms with Gasteiger partial charge in [-0.15, -0.1) is 0 Å². The van der Waals surface area contributed by atoms with Gasteiger partial charge in [0.05, 0.1) is 5.02 Å². The number of nitrogens with two attached hydrogens (primary N) is 1. The summed E-state index contributed by atoms with van der Waals surface area (Å²) in [5.41, 5.74) is 6.36. The van der Waals surface area contributed by atoms with E-state index in [-0.39, 0.29) is 6.01 Å². The molecule has 0 saturated heterocycles. The van der Waals surface area contributed by atoms with Crippen molar-refractivity contribution in [2.45, 2.75) is 0 Å². The van der Waals surface area contributed by atoms with Gasteiger partial charge in [-0.2, -0.15) is 4.98 Å². The Morgan fingerprint density at radius 1 is 1.38 bits per heavy atom. The van der Waals surface area contributed by atoms with Crippen molar-refractivity contribution >= 4 is 56.2 Å². The van der Waals surface area contributed by atoms with E-state index < -0.39 is 0 Å². The first-order valence-electron chi connectivity index (χ1n) is 3.29. The molecule has 1 aromatic carbocycles. The van der Waals surface area contributed by atoms with Crippen molar-refractivity contribution in [1.82, 2.24) is 4.98 Å². The lowest BCUT2D eigenvalue weighted by Crippen LogP contribution is -1.80. The largest absolute Gasteiger partial charge is 0.422 e. The summed E-state index contributed by atoms with van der Waals surface area (Å²) in [6, 6.07) is 1.77. The number of nitrogens with zero attached hydrogens (tertiary/aromatic N) is 1. The summed E-state index contributed by atoms with van der Waals surface area (Å²) >= 11 is 15.0. The van der Waals surface area contributed by atoms with Crippen molar-refractivity contribution in [2.75, 3.05) is 5.73 Å². The number of rotatable bonds is 0. The molecule has 2 N–H and O–H groups in total. The van der Waals surface area contributed by atoms with E-state index in [2.05, 4.69) is 20.9 Å². The summed E-state index contributed by atoms with van der Waals surface area (Å²) in [6.07, 6.45) is 0. The molecule has 0 saturated carbocycles. The Labute approximate surface area is 91.9 Å². The van der Waals surface area contributed by atoms with Gasteiger partial charge >= 0.3 is 0 Å². The normalized spacial score (nSPS) is 11.0. The van der Waals surface area contributed by atoms with Gasteiger partial charge in [0.1, 0.15) is 10.5 Å². The Bertz CT molecular complexity index is 483. The molecular formula is C7H3BrCl2N2O. The molecule has 0 aliphatic rings. The Balaban J connectivity index is 2.92. The van der Waals surface area contributed by atoms with E-state index in [1.54, 1.807) is 6.07 Å². The number of fused-ring (bicyclic) bond motifs is 1. The zero-order valence-corrected chi connectivity index (χ0v) is 9.24. The SMILES string of the molecule is Nc1nc2cc(Br)c(Cl)c(Cl)c2o1. The van der Waals surface area contributed by atoms with Gasteiger partial charge in [-0.3, -0.25) is 0 Å². The predicted octanol–water partition coefficient (Wildman–Crippen LogP) is 3.48. The van der Waals surface area contributed by atoms with Crippen molar-refractivity contribution in [3.05, 3.63) is 20.6 Å². The van der Waals surface area contributed by atoms with Crippen molar-refractivity contribution in [2.24, 2.45) is 0 Å². The monoisotopic (exact) mass is 280 g/mol. The van der Waals surface area contributed by atoms with Crippen molar-refractivity contribution in [1.29, 1.82) is 0 Å². The highest BCUT2D eigenvalue weighted by Crippen LogP contribution is 2.37. The van der Waals surface area contributed by atoms with Gasteiger partial charge in [0.15, 0.2) is 5.58 Å². The molecule has 13 heavy (non-hydrogen) atoms. The molecule has 1 heterocycles. The minimum atomic E-state index is 0.0751. The van der Waals surface area contributed by atoms with E-state index >= 15 is 0 Å². The number of oxazole rings is 1. The minimum Gasteiger partial charge on any atom is -0.422 e. The Hall–Kier alpha value is -0.450. The van der Waals surface area contributed by atoms with Crippen LogP contribution >= 0.6 is 39.1 Å². The Morgan fingerprint density at radius 2 is 2.08 bits per heavy atom. The van der Waals surface area contributed by atoms with Crippen LogP contribution in [0.3, 0.4) is 0 Å². The molecule has 0 aliphatic heterocycles. The standard InChI is InChI=1S/C7H3BrCl2N2O/c8-2-1-3-6(5(10)4(2)9)13-7(11)12-3/h1H,(H2,11,12). The number of aromatic nitrogens is 1. The van der Waals surface area contributed by atoms with Gasteiger partial charge < -0.3 is 10.2 Å². The van der Waals surface area contributed by atoms with Crippen molar-refractivity contribution < 1.29 is 4.42 Å². The molecule has 0 spiro atoms. The molecule has 2 rings (SSSR count). The lowest BCUT2D eigenvalue weighted by atomic mass is 10.3. The maximum absolute atomic E-state index is 5.89. The first kappa shape index (κ1) is 9.12. The predicted molar refractivity (Wildman–Crippen MR) is 56.1 cm³/mol. The molecule has 0 radical (unpaired) electrons. The molecule has 0 unspecified atom stereocenters. The van der Waals surface area contributed by atoms with E-state index in [1.807, 2.05) is 0 Å². The van der Waals surface area contributed by atoms with Crippen LogP contribution in [0.25, 0.3) is 11.1 Å². The second-order valence-corrected chi connectivity index (χ2v) is 4.00. The van der Waals surface area contributed by atoms with Gasteiger partial charge in [0, 0.05) is 4.47 Å². The lowest BCUT2D eigenvalue weighted by Gasteiger charge is -1.97. The summed E-state index contributed by atoms with van der Waals surface area (Å²) in [6.45, 7) is 0. The van der Waals surface area contributed by atoms with Gasteiger partial charge in [-0.25, -0.2) is 0 Å². The average Bonchev–Trinajstić information content (AvgIpc) is 2.42. The van der Waals surface area contributed by atoms with E-state index in [0.29, 0.717) is 25.6 Å². The fourth-order valence-corrected chi connectivity index (χ4v) is 1.90. The molecule has 68 valence electrons. The molecule has 0 atom stereocenters. The molecule has 2 aromatic rings. The zero-order valence-electron chi connectivity index (χ0n) is 6.14. The second kappa shape index (κ2) is 3.04. The van der Waals surface area contributed by atoms with Gasteiger partial charge in [0.25, 0.3) is 6.01 Å². The van der Waals surface area contributed by atoms with Crippen LogP contribution in [0.2, 0.25) is 10.0 Å². The van der Waals surface area contributed by atoms with Gasteiger partial charge in [0.2, 0.25) is 0 Å². The molecule has 1 aromatic heterocycles. The fourth-order valence-electron chi connectivity index (χ4n) is 0.992. The van der Waals surface area contributed by atoms with Crippen molar-refractivity contribution in [3.63, 3.8) is 0 Å². The fraction of sp³-hybridized carbons (Fsp3) is 0. The highest BCUT2D eigenvalue weighted by atomic mass is 79.9. The second-order valence-electron chi connectivity index (χ2n) is 2.39. The maximum atomic E-state index is 5.89. The first-order valence-corrected chi connectivity index (χ1v) is 4.84. The number of hydrogen-bond donors (Lipinski definition) is 1. The van der Waals surface area contributed by atoms with Gasteiger partial charge in [-0.05, 0) is 22.0 Å². The number of hydrogen-bond acceptors (Lipinski definition) is 3. The molecule has 3 nitrogen and oxygen atoms in total. The quantitative estimate of drug-likeness (QED) is 0.752. The number of nitrogen functional groups attached to an aromatic ring is 1. The molecule has 6 heteroatoms. The smallest absolute Gasteiger partial charge is 0.293 e. The number of halogens is 3. The molecule has 0 amide bonds. The Kier molecular flexibility index (Phi) is 2.14. The molecular weight excluding hydrogens is 279 g/mol. The average molecular weight is 282 g/mol. The van der Waals surface area contributed by atoms with Crippen LogP contribution in [0, 0.1) is 0 Å². The van der Waals surface area contributed by atoms with E-state index in [9.17, 15) is 0 Å². The third kappa shape index (κ3) is 1.39. The number of benzene rings is 1. The van der Waals surface area contributed by atoms with E-state index in [1.165, 1.54) is 0 Å². The first-order chi connectivity index (χ1) is 6.09. The third-order valence-electron chi connectivity index (χ3n) is 1.54. The Morgan fingerprint density at radius 3 is 2.77 bits per heavy atom. The summed E-state index contributed by atoms with van der Waals surface area (Å²) in [5.74, 6) is 0. The minimum absolute atomic E-state index is 0.0751. The van der Waals surface area contributed by atoms with E-state index in [4.69, 9.17) is 33.4 Å². The zero-order chi connectivity index (χ0) is 9.59. The van der Waals surface area contributed by atoms with Crippen LogP contribution in [-0.2, 0) is 0 Å². The maximum Gasteiger partial charge on any atom is 0.293 e. The summed E-state index contributed by atoms with van der Waals surface area (Å²) in [7, 11) is 0. The summed E-state index contributed by atoms with van der Waals surface area (Å²) < 4.78 is 5.73. The van der Waals surface area contributed by atoms with Gasteiger partial charge in [-0.1, -0.05) is 23.2 Å². The molecule has 0 fully saturated rings. The molecule has 0 aliphatic carbocycles. The highest BCUT2D eigenvalue weighted by molar-refractivity contribution is 9.10. The van der Waals surface area contributed by atoms with Crippen LogP contribution in [0.5, 0.6) is 0 Å². The summed E-state index contributed by atoms with van der Waals surface area (Å²) in [4.78, 5) is 3.91. The van der Waals surface area contributed by atoms with Crippen LogP contribution in [-0.4, -0.2) is 4.98 Å². The van der Waals surface area contributed by atoms with Crippen LogP contribution in [0.1, 0.15) is 0 Å². The number of anilines is 1. The van der Waals surface area contributed by atoms with Crippen LogP contribution in [0.15, 0.2) is 15.0 Å². The van der Waals surface area contributed by atoms with Crippen molar-refractivity contribution in [3.8, 4) is 0 Å². The van der Waals surface area contributed by atoms with E-state index in [0.717, 1.165) is 0 Å².